The van der Waals surface area contributed by atoms with Crippen LogP contribution in [0.2, 0.25) is 0 Å². The van der Waals surface area contributed by atoms with E-state index in [4.69, 9.17) is 0 Å². The van der Waals surface area contributed by atoms with Gasteiger partial charge in [0.1, 0.15) is 0 Å². The lowest BCUT2D eigenvalue weighted by atomic mass is 10.0. The zero-order chi connectivity index (χ0) is 18.8. The largest absolute Gasteiger partial charge is 0.223 e. The van der Waals surface area contributed by atoms with Crippen molar-refractivity contribution in [3.05, 3.63) is 77.9 Å². The van der Waals surface area contributed by atoms with Gasteiger partial charge in [-0.1, -0.05) is 92.9 Å². The third-order valence-electron chi connectivity index (χ3n) is 4.33. The molecule has 0 fully saturated rings. The van der Waals surface area contributed by atoms with Gasteiger partial charge < -0.3 is 0 Å². The Morgan fingerprint density at radius 1 is 0.923 bits per heavy atom. The summed E-state index contributed by atoms with van der Waals surface area (Å²) in [7, 11) is -3.39. The topological polar surface area (TPSA) is 34.1 Å². The van der Waals surface area contributed by atoms with E-state index in [9.17, 15) is 8.42 Å². The molecule has 0 saturated carbocycles. The van der Waals surface area contributed by atoms with Crippen LogP contribution in [0.4, 0.5) is 0 Å². The average molecular weight is 369 g/mol. The van der Waals surface area contributed by atoms with Crippen molar-refractivity contribution in [1.29, 1.82) is 0 Å². The maximum absolute atomic E-state index is 12.9. The Kier molecular flexibility index (Phi) is 7.86. The predicted molar refractivity (Wildman–Crippen MR) is 112 cm³/mol. The molecule has 138 valence electrons. The van der Waals surface area contributed by atoms with E-state index in [0.29, 0.717) is 4.90 Å². The van der Waals surface area contributed by atoms with Gasteiger partial charge in [0.15, 0.2) is 9.84 Å². The second kappa shape index (κ2) is 10.1. The van der Waals surface area contributed by atoms with E-state index in [0.717, 1.165) is 36.0 Å². The number of hydrogen-bond acceptors (Lipinski definition) is 2. The van der Waals surface area contributed by atoms with Crippen molar-refractivity contribution in [2.75, 3.05) is 5.75 Å². The first-order valence-electron chi connectivity index (χ1n) is 9.27. The lowest BCUT2D eigenvalue weighted by Gasteiger charge is -2.13. The van der Waals surface area contributed by atoms with Crippen molar-refractivity contribution < 1.29 is 8.42 Å². The molecule has 0 aliphatic heterocycles. The molecule has 0 unspecified atom stereocenters. The highest BCUT2D eigenvalue weighted by molar-refractivity contribution is 7.91. The lowest BCUT2D eigenvalue weighted by molar-refractivity contribution is 0.596. The van der Waals surface area contributed by atoms with Crippen molar-refractivity contribution in [1.82, 2.24) is 0 Å². The number of hydrogen-bond donors (Lipinski definition) is 0. The summed E-state index contributed by atoms with van der Waals surface area (Å²) in [6, 6.07) is 15.7. The van der Waals surface area contributed by atoms with E-state index in [1.807, 2.05) is 60.7 Å². The van der Waals surface area contributed by atoms with Gasteiger partial charge in [0.25, 0.3) is 0 Å². The van der Waals surface area contributed by atoms with Crippen molar-refractivity contribution in [3.63, 3.8) is 0 Å². The van der Waals surface area contributed by atoms with Crippen LogP contribution in [0.1, 0.15) is 49.3 Å². The van der Waals surface area contributed by atoms with Crippen molar-refractivity contribution in [3.8, 4) is 0 Å². The molecule has 0 aromatic heterocycles. The van der Waals surface area contributed by atoms with Crippen LogP contribution in [-0.4, -0.2) is 14.2 Å². The third-order valence-corrected chi connectivity index (χ3v) is 6.12. The van der Waals surface area contributed by atoms with E-state index in [-0.39, 0.29) is 5.75 Å². The highest BCUT2D eigenvalue weighted by atomic mass is 32.2. The molecule has 0 spiro atoms. The first-order valence-corrected chi connectivity index (χ1v) is 10.9. The van der Waals surface area contributed by atoms with Gasteiger partial charge in [-0.3, -0.25) is 0 Å². The first-order chi connectivity index (χ1) is 12.6. The molecular formula is C23H28O2S. The monoisotopic (exact) mass is 368 g/mol. The molecule has 2 aromatic rings. The molecule has 0 amide bonds. The fourth-order valence-corrected chi connectivity index (χ4v) is 4.58. The molecule has 0 radical (unpaired) electrons. The van der Waals surface area contributed by atoms with Gasteiger partial charge in [-0.15, -0.1) is 6.58 Å². The molecule has 0 heterocycles. The zero-order valence-electron chi connectivity index (χ0n) is 15.5. The minimum atomic E-state index is -3.39. The van der Waals surface area contributed by atoms with E-state index in [1.54, 1.807) is 0 Å². The van der Waals surface area contributed by atoms with Gasteiger partial charge in [-0.25, -0.2) is 8.42 Å². The maximum atomic E-state index is 12.9. The third kappa shape index (κ3) is 5.70. The Hall–Kier alpha value is -2.13. The summed E-state index contributed by atoms with van der Waals surface area (Å²) >= 11 is 0. The maximum Gasteiger partial charge on any atom is 0.182 e. The van der Waals surface area contributed by atoms with Crippen molar-refractivity contribution >= 4 is 22.0 Å². The zero-order valence-corrected chi connectivity index (χ0v) is 16.3. The summed E-state index contributed by atoms with van der Waals surface area (Å²) < 4.78 is 25.7. The highest BCUT2D eigenvalue weighted by Crippen LogP contribution is 2.26. The van der Waals surface area contributed by atoms with Crippen molar-refractivity contribution in [2.45, 2.75) is 43.9 Å². The van der Waals surface area contributed by atoms with Crippen LogP contribution >= 0.6 is 0 Å². The highest BCUT2D eigenvalue weighted by Gasteiger charge is 2.20. The molecule has 0 saturated heterocycles. The van der Waals surface area contributed by atoms with Crippen LogP contribution in [0.3, 0.4) is 0 Å². The summed E-state index contributed by atoms with van der Waals surface area (Å²) in [4.78, 5) is 0.462. The normalized spacial score (nSPS) is 11.7. The molecule has 2 aromatic carbocycles. The number of sulfone groups is 1. The minimum absolute atomic E-state index is 0.0366. The van der Waals surface area contributed by atoms with E-state index >= 15 is 0 Å². The number of rotatable bonds is 10. The summed E-state index contributed by atoms with van der Waals surface area (Å²) in [6.07, 6.45) is 10.6. The fraction of sp³-hybridized carbons (Fsp3) is 0.304. The van der Waals surface area contributed by atoms with Gasteiger partial charge in [0, 0.05) is 0 Å². The SMILES string of the molecule is C=CCS(=O)(=O)c1c(C=Cc2ccccc2)cccc1CCCCCC. The van der Waals surface area contributed by atoms with Gasteiger partial charge in [0.2, 0.25) is 0 Å². The Bertz CT molecular complexity index is 834. The second-order valence-electron chi connectivity index (χ2n) is 6.46. The molecule has 0 aliphatic rings. The number of aryl methyl sites for hydroxylation is 1. The van der Waals surface area contributed by atoms with Gasteiger partial charge >= 0.3 is 0 Å². The molecule has 0 atom stereocenters. The first kappa shape index (κ1) is 20.2. The smallest absolute Gasteiger partial charge is 0.182 e. The van der Waals surface area contributed by atoms with Crippen LogP contribution in [0, 0.1) is 0 Å². The molecule has 2 nitrogen and oxygen atoms in total. The van der Waals surface area contributed by atoms with Crippen LogP contribution in [0.15, 0.2) is 66.1 Å². The Morgan fingerprint density at radius 2 is 1.69 bits per heavy atom. The Morgan fingerprint density at radius 3 is 2.38 bits per heavy atom. The fourth-order valence-electron chi connectivity index (χ4n) is 3.04. The molecule has 3 heteroatoms. The van der Waals surface area contributed by atoms with Crippen LogP contribution in [-0.2, 0) is 16.3 Å². The van der Waals surface area contributed by atoms with Crippen LogP contribution < -0.4 is 0 Å². The lowest BCUT2D eigenvalue weighted by Crippen LogP contribution is -2.10. The van der Waals surface area contributed by atoms with Crippen LogP contribution in [0.25, 0.3) is 12.2 Å². The number of unbranched alkanes of at least 4 members (excludes halogenated alkanes) is 3. The second-order valence-corrected chi connectivity index (χ2v) is 8.43. The molecule has 0 N–H and O–H groups in total. The summed E-state index contributed by atoms with van der Waals surface area (Å²) in [5.74, 6) is -0.0366. The molecular weight excluding hydrogens is 340 g/mol. The minimum Gasteiger partial charge on any atom is -0.223 e. The molecule has 2 rings (SSSR count). The molecule has 26 heavy (non-hydrogen) atoms. The number of benzene rings is 2. The van der Waals surface area contributed by atoms with E-state index in [1.165, 1.54) is 18.9 Å². The van der Waals surface area contributed by atoms with Crippen LogP contribution in [0.5, 0.6) is 0 Å². The quantitative estimate of drug-likeness (QED) is 0.295. The van der Waals surface area contributed by atoms with Gasteiger partial charge in [-0.2, -0.15) is 0 Å². The Labute approximate surface area is 158 Å². The standard InChI is InChI=1S/C23H28O2S/c1-3-5-6-10-14-21-15-11-16-22(23(21)26(24,25)19-4-2)18-17-20-12-8-7-9-13-20/h4,7-9,11-13,15-18H,2-3,5-6,10,14,19H2,1H3. The average Bonchev–Trinajstić information content (AvgIpc) is 2.64. The van der Waals surface area contributed by atoms with E-state index < -0.39 is 9.84 Å². The van der Waals surface area contributed by atoms with Crippen molar-refractivity contribution in [2.24, 2.45) is 0 Å². The van der Waals surface area contributed by atoms with Gasteiger partial charge in [-0.05, 0) is 29.5 Å². The summed E-state index contributed by atoms with van der Waals surface area (Å²) in [6.45, 7) is 5.79. The Balaban J connectivity index is 2.40. The molecule has 0 aliphatic carbocycles. The van der Waals surface area contributed by atoms with Gasteiger partial charge in [0.05, 0.1) is 10.6 Å². The summed E-state index contributed by atoms with van der Waals surface area (Å²) in [5.41, 5.74) is 2.72. The predicted octanol–water partition coefficient (Wildman–Crippen LogP) is 5.94. The summed E-state index contributed by atoms with van der Waals surface area (Å²) in [5, 5.41) is 0. The van der Waals surface area contributed by atoms with E-state index in [2.05, 4.69) is 13.5 Å². The molecule has 0 bridgehead atoms.